The molecule has 0 aliphatic heterocycles. The molecule has 0 fully saturated rings. The Morgan fingerprint density at radius 3 is 0.956 bits per heavy atom. The zero-order valence-electron chi connectivity index (χ0n) is 27.5. The van der Waals surface area contributed by atoms with E-state index in [1.54, 1.807) is 22.3 Å². The van der Waals surface area contributed by atoms with Crippen molar-refractivity contribution in [2.45, 2.75) is 128 Å². The van der Waals surface area contributed by atoms with Crippen LogP contribution in [0.5, 0.6) is 0 Å². The zero-order valence-corrected chi connectivity index (χ0v) is 31.6. The SMILES string of the molecule is Cl.Cl.[Zr+2].c1ccc(-[c-]2ccc3c2CCCCCCCCCC3)cc1.c1ccc(-[c-]2ccc3c2CCCCCCCCCC3)cc1. The Kier molecular flexibility index (Phi) is 20.3. The number of fused-ring (bicyclic) bond motifs is 2. The summed E-state index contributed by atoms with van der Waals surface area (Å²) >= 11 is 0. The summed E-state index contributed by atoms with van der Waals surface area (Å²) in [5.41, 5.74) is 12.3. The molecule has 6 rings (SSSR count). The van der Waals surface area contributed by atoms with E-state index in [0.717, 1.165) is 0 Å². The summed E-state index contributed by atoms with van der Waals surface area (Å²) in [4.78, 5) is 0. The third-order valence-electron chi connectivity index (χ3n) is 9.74. The molecule has 3 heteroatoms. The number of hydrogen-bond acceptors (Lipinski definition) is 0. The van der Waals surface area contributed by atoms with Gasteiger partial charge in [-0.2, -0.15) is 0 Å². The van der Waals surface area contributed by atoms with Gasteiger partial charge in [-0.15, -0.1) is 107 Å². The van der Waals surface area contributed by atoms with Gasteiger partial charge < -0.3 is 0 Å². The summed E-state index contributed by atoms with van der Waals surface area (Å²) in [6, 6.07) is 31.4. The Morgan fingerprint density at radius 2 is 0.622 bits per heavy atom. The molecule has 0 amide bonds. The summed E-state index contributed by atoms with van der Waals surface area (Å²) in [7, 11) is 0. The van der Waals surface area contributed by atoms with E-state index in [0.29, 0.717) is 0 Å². The van der Waals surface area contributed by atoms with Gasteiger partial charge in [-0.25, -0.2) is 0 Å². The number of hydrogen-bond donors (Lipinski definition) is 0. The van der Waals surface area contributed by atoms with E-state index < -0.39 is 0 Å². The molecule has 2 aliphatic carbocycles. The third kappa shape index (κ3) is 12.6. The van der Waals surface area contributed by atoms with Gasteiger partial charge in [0.2, 0.25) is 0 Å². The van der Waals surface area contributed by atoms with Crippen LogP contribution in [0.3, 0.4) is 0 Å². The summed E-state index contributed by atoms with van der Waals surface area (Å²) in [5, 5.41) is 0. The molecule has 0 nitrogen and oxygen atoms in total. The van der Waals surface area contributed by atoms with E-state index in [-0.39, 0.29) is 51.0 Å². The minimum atomic E-state index is 0. The van der Waals surface area contributed by atoms with Crippen LogP contribution in [0, 0.1) is 0 Å². The van der Waals surface area contributed by atoms with Crippen LogP contribution >= 0.6 is 24.8 Å². The molecule has 0 radical (unpaired) electrons. The molecule has 45 heavy (non-hydrogen) atoms. The second-order valence-electron chi connectivity index (χ2n) is 12.9. The molecule has 0 heterocycles. The first-order chi connectivity index (χ1) is 20.9. The Balaban J connectivity index is 0.000000294. The molecule has 242 valence electrons. The van der Waals surface area contributed by atoms with E-state index in [1.807, 2.05) is 0 Å². The molecule has 4 aromatic carbocycles. The number of benzene rings is 2. The minimum absolute atomic E-state index is 0. The van der Waals surface area contributed by atoms with Gasteiger partial charge in [-0.05, 0) is 12.8 Å². The summed E-state index contributed by atoms with van der Waals surface area (Å²) in [6.07, 6.45) is 27.7. The van der Waals surface area contributed by atoms with Gasteiger partial charge in [0, 0.05) is 0 Å². The number of halogens is 2. The molecule has 0 unspecified atom stereocenters. The second kappa shape index (κ2) is 23.0. The molecule has 0 N–H and O–H groups in total. The molecular weight excluding hydrogens is 667 g/mol. The first kappa shape index (κ1) is 39.8. The molecule has 0 spiro atoms. The van der Waals surface area contributed by atoms with Crippen molar-refractivity contribution in [2.75, 3.05) is 0 Å². The predicted molar refractivity (Wildman–Crippen MR) is 198 cm³/mol. The fourth-order valence-electron chi connectivity index (χ4n) is 7.31. The minimum Gasteiger partial charge on any atom is -0.148 e. The van der Waals surface area contributed by atoms with Crippen molar-refractivity contribution in [2.24, 2.45) is 0 Å². The predicted octanol–water partition coefficient (Wildman–Crippen LogP) is 13.4. The molecule has 0 atom stereocenters. The summed E-state index contributed by atoms with van der Waals surface area (Å²) in [5.74, 6) is 0. The maximum atomic E-state index is 2.39. The van der Waals surface area contributed by atoms with Crippen LogP contribution in [0.2, 0.25) is 0 Å². The molecule has 4 aromatic rings. The van der Waals surface area contributed by atoms with Gasteiger partial charge >= 0.3 is 26.2 Å². The van der Waals surface area contributed by atoms with Crippen LogP contribution in [-0.2, 0) is 51.9 Å². The summed E-state index contributed by atoms with van der Waals surface area (Å²) in [6.45, 7) is 0. The maximum Gasteiger partial charge on any atom is 2.00 e. The van der Waals surface area contributed by atoms with E-state index in [2.05, 4.69) is 84.9 Å². The Hall–Kier alpha value is -1.40. The van der Waals surface area contributed by atoms with Crippen molar-refractivity contribution in [1.82, 2.24) is 0 Å². The van der Waals surface area contributed by atoms with Crippen LogP contribution in [-0.4, -0.2) is 0 Å². The molecule has 0 saturated carbocycles. The number of rotatable bonds is 2. The topological polar surface area (TPSA) is 0 Å². The van der Waals surface area contributed by atoms with Crippen LogP contribution in [0.25, 0.3) is 22.3 Å². The van der Waals surface area contributed by atoms with Gasteiger partial charge in [0.1, 0.15) is 0 Å². The smallest absolute Gasteiger partial charge is 0.148 e. The van der Waals surface area contributed by atoms with Gasteiger partial charge in [0.05, 0.1) is 0 Å². The van der Waals surface area contributed by atoms with Gasteiger partial charge in [0.25, 0.3) is 0 Å². The quantitative estimate of drug-likeness (QED) is 0.181. The second-order valence-corrected chi connectivity index (χ2v) is 12.9. The van der Waals surface area contributed by atoms with Crippen molar-refractivity contribution >= 4 is 24.8 Å². The Morgan fingerprint density at radius 1 is 0.333 bits per heavy atom. The fraction of sp³-hybridized carbons (Fsp3) is 0.476. The number of aryl methyl sites for hydroxylation is 2. The molecular formula is C42H56Cl2Zr. The average molecular weight is 723 g/mol. The average Bonchev–Trinajstić information content (AvgIpc) is 3.62. The molecule has 2 aliphatic rings. The van der Waals surface area contributed by atoms with Crippen LogP contribution in [0.4, 0.5) is 0 Å². The van der Waals surface area contributed by atoms with E-state index >= 15 is 0 Å². The first-order valence-electron chi connectivity index (χ1n) is 17.6. The standard InChI is InChI=1S/2C21H27.2ClH.Zr/c2*1-2-4-6-11-15-20-19(14-8-5-3-1)16-17-21(20)18-12-9-7-10-13-18;;;/h2*7,9-10,12-13,16-17H,1-6,8,11,14-15H2;2*1H;/q2*-1;;;+2. The van der Waals surface area contributed by atoms with Crippen molar-refractivity contribution in [3.63, 3.8) is 0 Å². The fourth-order valence-corrected chi connectivity index (χ4v) is 7.31. The zero-order chi connectivity index (χ0) is 28.7. The van der Waals surface area contributed by atoms with Crippen molar-refractivity contribution < 1.29 is 26.2 Å². The van der Waals surface area contributed by atoms with Crippen molar-refractivity contribution in [3.05, 3.63) is 107 Å². The van der Waals surface area contributed by atoms with Gasteiger partial charge in [-0.1, -0.05) is 163 Å². The Bertz CT molecular complexity index is 1190. The molecule has 0 aromatic heterocycles. The van der Waals surface area contributed by atoms with E-state index in [1.165, 1.54) is 151 Å². The summed E-state index contributed by atoms with van der Waals surface area (Å²) < 4.78 is 0. The monoisotopic (exact) mass is 720 g/mol. The normalized spacial score (nSPS) is 16.4. The largest absolute Gasteiger partial charge is 2.00 e. The van der Waals surface area contributed by atoms with Crippen molar-refractivity contribution in [3.8, 4) is 22.3 Å². The maximum absolute atomic E-state index is 2.39. The third-order valence-corrected chi connectivity index (χ3v) is 9.74. The van der Waals surface area contributed by atoms with Gasteiger partial charge in [0.15, 0.2) is 0 Å². The molecule has 0 saturated heterocycles. The van der Waals surface area contributed by atoms with Crippen LogP contribution in [0.1, 0.15) is 125 Å². The van der Waals surface area contributed by atoms with E-state index in [9.17, 15) is 0 Å². The van der Waals surface area contributed by atoms with E-state index in [4.69, 9.17) is 0 Å². The molecule has 0 bridgehead atoms. The van der Waals surface area contributed by atoms with Crippen molar-refractivity contribution in [1.29, 1.82) is 0 Å². The Labute approximate surface area is 306 Å². The van der Waals surface area contributed by atoms with Crippen LogP contribution in [0.15, 0.2) is 84.9 Å². The van der Waals surface area contributed by atoms with Crippen LogP contribution < -0.4 is 0 Å². The first-order valence-corrected chi connectivity index (χ1v) is 17.6. The van der Waals surface area contributed by atoms with Gasteiger partial charge in [-0.3, -0.25) is 0 Å².